The molecule has 0 radical (unpaired) electrons. The lowest BCUT2D eigenvalue weighted by atomic mass is 10.2. The summed E-state index contributed by atoms with van der Waals surface area (Å²) in [6, 6.07) is 11.8. The van der Waals surface area contributed by atoms with Gasteiger partial charge in [-0.05, 0) is 36.2 Å². The van der Waals surface area contributed by atoms with Crippen LogP contribution in [0, 0.1) is 5.92 Å². The molecule has 0 spiro atoms. The number of hydrogen-bond acceptors (Lipinski definition) is 6. The number of ether oxygens (including phenoxy) is 1. The van der Waals surface area contributed by atoms with Crippen LogP contribution in [0.5, 0.6) is 5.75 Å². The average molecular weight is 372 g/mol. The Morgan fingerprint density at radius 1 is 1.15 bits per heavy atom. The number of anilines is 2. The van der Waals surface area contributed by atoms with Crippen molar-refractivity contribution in [2.45, 2.75) is 18.7 Å². The number of hydrogen-bond donors (Lipinski definition) is 2. The van der Waals surface area contributed by atoms with Crippen LogP contribution in [-0.2, 0) is 10.0 Å². The Morgan fingerprint density at radius 2 is 1.88 bits per heavy atom. The predicted molar refractivity (Wildman–Crippen MR) is 101 cm³/mol. The number of nitrogens with one attached hydrogen (secondary N) is 1. The van der Waals surface area contributed by atoms with E-state index < -0.39 is 10.0 Å². The summed E-state index contributed by atoms with van der Waals surface area (Å²) in [7, 11) is -3.72. The molecule has 1 aromatic heterocycles. The maximum absolute atomic E-state index is 11.3. The van der Waals surface area contributed by atoms with E-state index in [1.54, 1.807) is 18.3 Å². The number of nitrogens with zero attached hydrogens (tertiary/aromatic N) is 2. The normalized spacial score (nSPS) is 11.7. The lowest BCUT2D eigenvalue weighted by Gasteiger charge is -2.11. The van der Waals surface area contributed by atoms with E-state index in [1.807, 2.05) is 18.2 Å². The molecule has 0 unspecified atom stereocenters. The summed E-state index contributed by atoms with van der Waals surface area (Å²) in [6.07, 6.45) is 1.71. The van der Waals surface area contributed by atoms with E-state index >= 15 is 0 Å². The number of nitrogens with two attached hydrogens (primary N) is 1. The minimum Gasteiger partial charge on any atom is -0.491 e. The molecule has 136 valence electrons. The van der Waals surface area contributed by atoms with Crippen molar-refractivity contribution in [3.05, 3.63) is 48.7 Å². The number of sulfonamides is 1. The molecule has 0 aliphatic carbocycles. The molecule has 26 heavy (non-hydrogen) atoms. The smallest absolute Gasteiger partial charge is 0.238 e. The van der Waals surface area contributed by atoms with Crippen LogP contribution in [0.25, 0.3) is 10.9 Å². The second-order valence-corrected chi connectivity index (χ2v) is 7.85. The van der Waals surface area contributed by atoms with Gasteiger partial charge in [-0.25, -0.2) is 23.5 Å². The Labute approximate surface area is 152 Å². The molecule has 8 heteroatoms. The monoisotopic (exact) mass is 372 g/mol. The fourth-order valence-corrected chi connectivity index (χ4v) is 2.83. The Kier molecular flexibility index (Phi) is 5.06. The standard InChI is InChI=1S/C18H20N4O3S/c1-12(2)11-25-16-5-3-4-13-10-20-18(22-17(13)16)21-14-6-8-15(9-7-14)26(19,23)24/h3-10,12H,11H2,1-2H3,(H2,19,23,24)(H,20,21,22). The van der Waals surface area contributed by atoms with Gasteiger partial charge in [-0.15, -0.1) is 0 Å². The van der Waals surface area contributed by atoms with Crippen LogP contribution >= 0.6 is 0 Å². The molecule has 0 amide bonds. The second-order valence-electron chi connectivity index (χ2n) is 6.29. The fraction of sp³-hybridized carbons (Fsp3) is 0.222. The van der Waals surface area contributed by atoms with Crippen LogP contribution < -0.4 is 15.2 Å². The summed E-state index contributed by atoms with van der Waals surface area (Å²) >= 11 is 0. The molecule has 0 atom stereocenters. The highest BCUT2D eigenvalue weighted by Gasteiger charge is 2.09. The van der Waals surface area contributed by atoms with Crippen LogP contribution in [0.2, 0.25) is 0 Å². The van der Waals surface area contributed by atoms with E-state index in [-0.39, 0.29) is 4.90 Å². The van der Waals surface area contributed by atoms with Gasteiger partial charge in [-0.2, -0.15) is 0 Å². The van der Waals surface area contributed by atoms with Gasteiger partial charge < -0.3 is 10.1 Å². The van der Waals surface area contributed by atoms with Crippen LogP contribution in [0.4, 0.5) is 11.6 Å². The van der Waals surface area contributed by atoms with Crippen molar-refractivity contribution in [3.8, 4) is 5.75 Å². The Hall–Kier alpha value is -2.71. The molecule has 0 aliphatic heterocycles. The van der Waals surface area contributed by atoms with E-state index in [2.05, 4.69) is 29.1 Å². The van der Waals surface area contributed by atoms with Gasteiger partial charge >= 0.3 is 0 Å². The summed E-state index contributed by atoms with van der Waals surface area (Å²) in [6.45, 7) is 4.76. The molecule has 3 rings (SSSR count). The van der Waals surface area contributed by atoms with Crippen molar-refractivity contribution >= 4 is 32.6 Å². The first-order chi connectivity index (χ1) is 12.3. The Balaban J connectivity index is 1.87. The third kappa shape index (κ3) is 4.27. The number of para-hydroxylation sites is 1. The van der Waals surface area contributed by atoms with Gasteiger partial charge in [-0.1, -0.05) is 26.0 Å². The van der Waals surface area contributed by atoms with E-state index in [4.69, 9.17) is 9.88 Å². The molecule has 3 aromatic rings. The Bertz CT molecular complexity index is 1020. The maximum Gasteiger partial charge on any atom is 0.238 e. The summed E-state index contributed by atoms with van der Waals surface area (Å²) in [4.78, 5) is 8.87. The second kappa shape index (κ2) is 7.27. The minimum absolute atomic E-state index is 0.0480. The van der Waals surface area contributed by atoms with Crippen LogP contribution in [0.1, 0.15) is 13.8 Å². The number of benzene rings is 2. The Morgan fingerprint density at radius 3 is 2.54 bits per heavy atom. The van der Waals surface area contributed by atoms with Crippen LogP contribution in [0.3, 0.4) is 0 Å². The van der Waals surface area contributed by atoms with Gasteiger partial charge in [0.2, 0.25) is 16.0 Å². The SMILES string of the molecule is CC(C)COc1cccc2cnc(Nc3ccc(S(N)(=O)=O)cc3)nc12. The molecular formula is C18H20N4O3S. The predicted octanol–water partition coefficient (Wildman–Crippen LogP) is 3.06. The van der Waals surface area contributed by atoms with Crippen molar-refractivity contribution in [1.82, 2.24) is 9.97 Å². The average Bonchev–Trinajstić information content (AvgIpc) is 2.59. The molecule has 0 saturated heterocycles. The zero-order chi connectivity index (χ0) is 18.7. The van der Waals surface area contributed by atoms with Crippen LogP contribution in [0.15, 0.2) is 53.6 Å². The number of aromatic nitrogens is 2. The highest BCUT2D eigenvalue weighted by atomic mass is 32.2. The lowest BCUT2D eigenvalue weighted by Crippen LogP contribution is -2.11. The molecule has 7 nitrogen and oxygen atoms in total. The van der Waals surface area contributed by atoms with Crippen molar-refractivity contribution in [2.24, 2.45) is 11.1 Å². The van der Waals surface area contributed by atoms with Gasteiger partial charge in [0.25, 0.3) is 0 Å². The minimum atomic E-state index is -3.72. The number of primary sulfonamides is 1. The first-order valence-electron chi connectivity index (χ1n) is 8.11. The van der Waals surface area contributed by atoms with Crippen LogP contribution in [-0.4, -0.2) is 25.0 Å². The van der Waals surface area contributed by atoms with Gasteiger partial charge in [0.1, 0.15) is 11.3 Å². The van der Waals surface area contributed by atoms with E-state index in [0.29, 0.717) is 35.4 Å². The quantitative estimate of drug-likeness (QED) is 0.689. The molecule has 0 fully saturated rings. The molecular weight excluding hydrogens is 352 g/mol. The summed E-state index contributed by atoms with van der Waals surface area (Å²) in [5, 5.41) is 9.03. The zero-order valence-electron chi connectivity index (χ0n) is 14.5. The first kappa shape index (κ1) is 18.1. The largest absolute Gasteiger partial charge is 0.491 e. The molecule has 0 saturated carbocycles. The highest BCUT2D eigenvalue weighted by molar-refractivity contribution is 7.89. The third-order valence-corrected chi connectivity index (χ3v) is 4.51. The zero-order valence-corrected chi connectivity index (χ0v) is 15.3. The molecule has 1 heterocycles. The number of rotatable bonds is 6. The van der Waals surface area contributed by atoms with Crippen molar-refractivity contribution in [3.63, 3.8) is 0 Å². The topological polar surface area (TPSA) is 107 Å². The maximum atomic E-state index is 11.3. The summed E-state index contributed by atoms with van der Waals surface area (Å²) < 4.78 is 28.5. The first-order valence-corrected chi connectivity index (χ1v) is 9.66. The van der Waals surface area contributed by atoms with Crippen molar-refractivity contribution < 1.29 is 13.2 Å². The van der Waals surface area contributed by atoms with Crippen molar-refractivity contribution in [2.75, 3.05) is 11.9 Å². The van der Waals surface area contributed by atoms with Gasteiger partial charge in [0, 0.05) is 17.3 Å². The molecule has 0 bridgehead atoms. The summed E-state index contributed by atoms with van der Waals surface area (Å²) in [5.41, 5.74) is 1.36. The molecule has 2 aromatic carbocycles. The van der Waals surface area contributed by atoms with Crippen molar-refractivity contribution in [1.29, 1.82) is 0 Å². The third-order valence-electron chi connectivity index (χ3n) is 3.58. The molecule has 3 N–H and O–H groups in total. The number of fused-ring (bicyclic) bond motifs is 1. The lowest BCUT2D eigenvalue weighted by molar-refractivity contribution is 0.273. The van der Waals surface area contributed by atoms with E-state index in [1.165, 1.54) is 12.1 Å². The fourth-order valence-electron chi connectivity index (χ4n) is 2.32. The summed E-state index contributed by atoms with van der Waals surface area (Å²) in [5.74, 6) is 1.50. The van der Waals surface area contributed by atoms with E-state index in [0.717, 1.165) is 5.39 Å². The van der Waals surface area contributed by atoms with Gasteiger partial charge in [0.05, 0.1) is 11.5 Å². The van der Waals surface area contributed by atoms with Gasteiger partial charge in [-0.3, -0.25) is 0 Å². The van der Waals surface area contributed by atoms with Gasteiger partial charge in [0.15, 0.2) is 0 Å². The highest BCUT2D eigenvalue weighted by Crippen LogP contribution is 2.25. The molecule has 0 aliphatic rings. The van der Waals surface area contributed by atoms with E-state index in [9.17, 15) is 8.42 Å².